The van der Waals surface area contributed by atoms with E-state index in [9.17, 15) is 9.90 Å². The van der Waals surface area contributed by atoms with E-state index >= 15 is 0 Å². The SMILES string of the molecule is COc1ccc2c(c1)C(O)(CCNC(C)=O)C=N2. The zero-order valence-electron chi connectivity index (χ0n) is 10.4. The van der Waals surface area contributed by atoms with Gasteiger partial charge in [0.25, 0.3) is 0 Å². The number of methoxy groups -OCH3 is 1. The molecule has 96 valence electrons. The molecule has 18 heavy (non-hydrogen) atoms. The Morgan fingerprint density at radius 3 is 3.00 bits per heavy atom. The second-order valence-electron chi connectivity index (χ2n) is 4.30. The maximum atomic E-state index is 10.8. The van der Waals surface area contributed by atoms with E-state index in [-0.39, 0.29) is 5.91 Å². The summed E-state index contributed by atoms with van der Waals surface area (Å²) in [5.74, 6) is 0.566. The van der Waals surface area contributed by atoms with E-state index in [1.807, 2.05) is 0 Å². The van der Waals surface area contributed by atoms with Crippen LogP contribution < -0.4 is 10.1 Å². The molecule has 5 heteroatoms. The number of hydrogen-bond donors (Lipinski definition) is 2. The Labute approximate surface area is 105 Å². The smallest absolute Gasteiger partial charge is 0.216 e. The first kappa shape index (κ1) is 12.6. The topological polar surface area (TPSA) is 70.9 Å². The summed E-state index contributed by atoms with van der Waals surface area (Å²) in [5, 5.41) is 13.2. The molecule has 0 spiro atoms. The van der Waals surface area contributed by atoms with Crippen molar-refractivity contribution in [2.45, 2.75) is 18.9 Å². The van der Waals surface area contributed by atoms with Gasteiger partial charge in [-0.25, -0.2) is 0 Å². The van der Waals surface area contributed by atoms with Gasteiger partial charge in [-0.1, -0.05) is 0 Å². The van der Waals surface area contributed by atoms with Gasteiger partial charge in [0.2, 0.25) is 5.91 Å². The van der Waals surface area contributed by atoms with Crippen LogP contribution in [0.1, 0.15) is 18.9 Å². The van der Waals surface area contributed by atoms with Crippen LogP contribution in [0.2, 0.25) is 0 Å². The van der Waals surface area contributed by atoms with Crippen LogP contribution in [0.4, 0.5) is 5.69 Å². The molecule has 1 aliphatic rings. The van der Waals surface area contributed by atoms with E-state index in [2.05, 4.69) is 10.3 Å². The van der Waals surface area contributed by atoms with Crippen LogP contribution in [0.25, 0.3) is 0 Å². The Morgan fingerprint density at radius 1 is 1.56 bits per heavy atom. The third-order valence-corrected chi connectivity index (χ3v) is 2.97. The second kappa shape index (κ2) is 4.78. The molecule has 5 nitrogen and oxygen atoms in total. The average Bonchev–Trinajstić information content (AvgIpc) is 2.66. The fourth-order valence-corrected chi connectivity index (χ4v) is 1.98. The summed E-state index contributed by atoms with van der Waals surface area (Å²) < 4.78 is 5.14. The molecule has 0 aromatic heterocycles. The number of ether oxygens (including phenoxy) is 1. The lowest BCUT2D eigenvalue weighted by Crippen LogP contribution is -2.32. The summed E-state index contributed by atoms with van der Waals surface area (Å²) in [7, 11) is 1.58. The van der Waals surface area contributed by atoms with Gasteiger partial charge in [-0.05, 0) is 18.2 Å². The first-order valence-electron chi connectivity index (χ1n) is 5.76. The Bertz CT molecular complexity index is 499. The van der Waals surface area contributed by atoms with Crippen LogP contribution in [-0.2, 0) is 10.4 Å². The van der Waals surface area contributed by atoms with Gasteiger partial charge in [0.05, 0.1) is 12.8 Å². The lowest BCUT2D eigenvalue weighted by molar-refractivity contribution is -0.119. The normalized spacial score (nSPS) is 20.6. The standard InChI is InChI=1S/C13H16N2O3/c1-9(16)14-6-5-13(17)8-15-12-4-3-10(18-2)7-11(12)13/h3-4,7-8,17H,5-6H2,1-2H3,(H,14,16). The van der Waals surface area contributed by atoms with Crippen LogP contribution in [0.15, 0.2) is 23.2 Å². The van der Waals surface area contributed by atoms with Crippen molar-refractivity contribution >= 4 is 17.8 Å². The molecule has 1 amide bonds. The number of aliphatic imine (C=N–C) groups is 1. The molecule has 0 radical (unpaired) electrons. The molecule has 1 aromatic carbocycles. The highest BCUT2D eigenvalue weighted by Crippen LogP contribution is 2.39. The van der Waals surface area contributed by atoms with E-state index in [1.54, 1.807) is 25.3 Å². The third kappa shape index (κ3) is 2.36. The van der Waals surface area contributed by atoms with E-state index in [1.165, 1.54) is 13.1 Å². The molecule has 0 aliphatic carbocycles. The zero-order valence-corrected chi connectivity index (χ0v) is 10.4. The van der Waals surface area contributed by atoms with Crippen LogP contribution in [-0.4, -0.2) is 30.9 Å². The molecule has 1 atom stereocenters. The number of amides is 1. The van der Waals surface area contributed by atoms with Crippen molar-refractivity contribution in [2.24, 2.45) is 4.99 Å². The number of carbonyl (C=O) groups excluding carboxylic acids is 1. The molecule has 1 aromatic rings. The number of benzene rings is 1. The second-order valence-corrected chi connectivity index (χ2v) is 4.30. The summed E-state index contributed by atoms with van der Waals surface area (Å²) in [6.45, 7) is 1.85. The fraction of sp³-hybridized carbons (Fsp3) is 0.385. The van der Waals surface area contributed by atoms with Crippen molar-refractivity contribution in [3.05, 3.63) is 23.8 Å². The van der Waals surface area contributed by atoms with Gasteiger partial charge in [0.1, 0.15) is 11.4 Å². The summed E-state index contributed by atoms with van der Waals surface area (Å²) in [6, 6.07) is 5.38. The lowest BCUT2D eigenvalue weighted by Gasteiger charge is -2.21. The zero-order chi connectivity index (χ0) is 13.2. The number of nitrogens with one attached hydrogen (secondary N) is 1. The molecule has 2 rings (SSSR count). The van der Waals surface area contributed by atoms with Crippen molar-refractivity contribution in [1.82, 2.24) is 5.32 Å². The summed E-state index contributed by atoms with van der Waals surface area (Å²) in [4.78, 5) is 15.0. The van der Waals surface area contributed by atoms with Crippen molar-refractivity contribution in [1.29, 1.82) is 0 Å². The molecule has 0 bridgehead atoms. The lowest BCUT2D eigenvalue weighted by atomic mass is 9.92. The van der Waals surface area contributed by atoms with Crippen LogP contribution in [0.5, 0.6) is 5.75 Å². The first-order chi connectivity index (χ1) is 8.55. The predicted molar refractivity (Wildman–Crippen MR) is 68.3 cm³/mol. The summed E-state index contributed by atoms with van der Waals surface area (Å²) in [5.41, 5.74) is 0.320. The highest BCUT2D eigenvalue weighted by molar-refractivity contribution is 5.83. The van der Waals surface area contributed by atoms with E-state index in [0.29, 0.717) is 24.3 Å². The number of nitrogens with zero attached hydrogens (tertiary/aromatic N) is 1. The minimum atomic E-state index is -1.13. The largest absolute Gasteiger partial charge is 0.497 e. The van der Waals surface area contributed by atoms with Gasteiger partial charge in [-0.15, -0.1) is 0 Å². The van der Waals surface area contributed by atoms with E-state index in [0.717, 1.165) is 5.69 Å². The molecule has 0 saturated carbocycles. The summed E-state index contributed by atoms with van der Waals surface area (Å²) >= 11 is 0. The average molecular weight is 248 g/mol. The maximum absolute atomic E-state index is 10.8. The van der Waals surface area contributed by atoms with Gasteiger partial charge in [-0.3, -0.25) is 9.79 Å². The Hall–Kier alpha value is -1.88. The quantitative estimate of drug-likeness (QED) is 0.839. The monoisotopic (exact) mass is 248 g/mol. The molecular weight excluding hydrogens is 232 g/mol. The van der Waals surface area contributed by atoms with E-state index < -0.39 is 5.60 Å². The van der Waals surface area contributed by atoms with Crippen LogP contribution in [0.3, 0.4) is 0 Å². The Kier molecular flexibility index (Phi) is 3.34. The van der Waals surface area contributed by atoms with E-state index in [4.69, 9.17) is 4.74 Å². The number of aliphatic hydroxyl groups is 1. The summed E-state index contributed by atoms with van der Waals surface area (Å²) in [6.07, 6.45) is 1.90. The molecule has 1 heterocycles. The van der Waals surface area contributed by atoms with Crippen LogP contribution >= 0.6 is 0 Å². The van der Waals surface area contributed by atoms with Crippen molar-refractivity contribution in [2.75, 3.05) is 13.7 Å². The van der Waals surface area contributed by atoms with Gasteiger partial charge in [-0.2, -0.15) is 0 Å². The van der Waals surface area contributed by atoms with Gasteiger partial charge < -0.3 is 15.2 Å². The molecule has 1 aliphatic heterocycles. The maximum Gasteiger partial charge on any atom is 0.216 e. The highest BCUT2D eigenvalue weighted by Gasteiger charge is 2.34. The molecule has 0 fully saturated rings. The van der Waals surface area contributed by atoms with Gasteiger partial charge in [0.15, 0.2) is 0 Å². The molecule has 2 N–H and O–H groups in total. The Balaban J connectivity index is 2.17. The number of hydrogen-bond acceptors (Lipinski definition) is 4. The van der Waals surface area contributed by atoms with Crippen LogP contribution in [0, 0.1) is 0 Å². The fourth-order valence-electron chi connectivity index (χ4n) is 1.98. The Morgan fingerprint density at radius 2 is 2.33 bits per heavy atom. The predicted octanol–water partition coefficient (Wildman–Crippen LogP) is 1.12. The number of carbonyl (C=O) groups is 1. The highest BCUT2D eigenvalue weighted by atomic mass is 16.5. The van der Waals surface area contributed by atoms with Gasteiger partial charge >= 0.3 is 0 Å². The van der Waals surface area contributed by atoms with Gasteiger partial charge in [0, 0.05) is 31.7 Å². The van der Waals surface area contributed by atoms with Crippen molar-refractivity contribution < 1.29 is 14.6 Å². The minimum Gasteiger partial charge on any atom is -0.497 e. The molecule has 1 unspecified atom stereocenters. The third-order valence-electron chi connectivity index (χ3n) is 2.97. The van der Waals surface area contributed by atoms with Crippen molar-refractivity contribution in [3.63, 3.8) is 0 Å². The number of fused-ring (bicyclic) bond motifs is 1. The molecule has 0 saturated heterocycles. The molecular formula is C13H16N2O3. The minimum absolute atomic E-state index is 0.112. The number of rotatable bonds is 4. The van der Waals surface area contributed by atoms with Crippen molar-refractivity contribution in [3.8, 4) is 5.75 Å². The first-order valence-corrected chi connectivity index (χ1v) is 5.76.